The van der Waals surface area contributed by atoms with Gasteiger partial charge >= 0.3 is 64.5 Å². The second-order valence-corrected chi connectivity index (χ2v) is 15.3. The Morgan fingerprint density at radius 1 is 0.974 bits per heavy atom. The minimum absolute atomic E-state index is 0. The summed E-state index contributed by atoms with van der Waals surface area (Å²) >= 11 is 0. The number of ether oxygens (including phenoxy) is 1. The van der Waals surface area contributed by atoms with Crippen LogP contribution in [-0.2, 0) is 11.3 Å². The number of carbonyl (C=O) groups is 1. The molecule has 4 rings (SSSR count). The van der Waals surface area contributed by atoms with Crippen LogP contribution in [0.3, 0.4) is 0 Å². The topological polar surface area (TPSA) is 38.3 Å². The van der Waals surface area contributed by atoms with Gasteiger partial charge in [0.05, 0.1) is 0 Å². The van der Waals surface area contributed by atoms with Gasteiger partial charge in [-0.3, -0.25) is 0 Å². The first-order chi connectivity index (χ1) is 17.4. The Labute approximate surface area is 266 Å². The van der Waals surface area contributed by atoms with Gasteiger partial charge in [0, 0.05) is 18.0 Å². The second-order valence-electron chi connectivity index (χ2n) is 10.5. The molecule has 0 fully saturated rings. The molecular formula is C29H30BF3KNO2Si. The van der Waals surface area contributed by atoms with E-state index in [4.69, 9.17) is 4.74 Å². The molecule has 3 nitrogen and oxygen atoms in total. The molecule has 1 N–H and O–H groups in total. The molecule has 0 unspecified atom stereocenters. The third-order valence-electron chi connectivity index (χ3n) is 6.68. The van der Waals surface area contributed by atoms with Gasteiger partial charge in [-0.05, 0) is 47.7 Å². The normalized spacial score (nSPS) is 12.5. The summed E-state index contributed by atoms with van der Waals surface area (Å²) < 4.78 is 47.5. The number of amides is 1. The monoisotopic (exact) mass is 559 g/mol. The minimum Gasteiger partial charge on any atom is -0.449 e. The average molecular weight is 560 g/mol. The summed E-state index contributed by atoms with van der Waals surface area (Å²) in [5.41, 5.74) is 7.93. The van der Waals surface area contributed by atoms with Crippen LogP contribution < -0.4 is 62.2 Å². The molecule has 9 heteroatoms. The maximum atomic E-state index is 14.0. The van der Waals surface area contributed by atoms with Crippen LogP contribution in [-0.4, -0.2) is 27.8 Å². The molecule has 1 amide bonds. The molecule has 0 bridgehead atoms. The van der Waals surface area contributed by atoms with Gasteiger partial charge in [0.2, 0.25) is 0 Å². The largest absolute Gasteiger partial charge is 1.00 e. The number of nitrogens with one attached hydrogen (secondary N) is 1. The maximum Gasteiger partial charge on any atom is 1.00 e. The van der Waals surface area contributed by atoms with Crippen LogP contribution in [0.1, 0.15) is 39.3 Å². The number of halogens is 3. The maximum absolute atomic E-state index is 14.0. The van der Waals surface area contributed by atoms with Gasteiger partial charge in [-0.15, -0.1) is 11.0 Å². The van der Waals surface area contributed by atoms with E-state index < -0.39 is 26.6 Å². The zero-order valence-corrected chi connectivity index (χ0v) is 26.8. The molecule has 1 aliphatic rings. The van der Waals surface area contributed by atoms with Crippen molar-refractivity contribution < 1.29 is 73.9 Å². The fourth-order valence-corrected chi connectivity index (χ4v) is 5.38. The Kier molecular flexibility index (Phi) is 9.83. The fraction of sp³-hybridized carbons (Fsp3) is 0.276. The molecule has 0 atom stereocenters. The Bertz CT molecular complexity index is 1380. The summed E-state index contributed by atoms with van der Waals surface area (Å²) in [6.07, 6.45) is -0.671. The quantitative estimate of drug-likeness (QED) is 0.383. The Hall–Kier alpha value is -1.80. The first-order valence-electron chi connectivity index (χ1n) is 12.3. The summed E-state index contributed by atoms with van der Waals surface area (Å²) in [6.45, 7) is 3.85. The Morgan fingerprint density at radius 3 is 2.05 bits per heavy atom. The van der Waals surface area contributed by atoms with Crippen LogP contribution in [0.5, 0.6) is 0 Å². The van der Waals surface area contributed by atoms with Gasteiger partial charge in [-0.2, -0.15) is 0 Å². The van der Waals surface area contributed by atoms with Crippen molar-refractivity contribution in [2.45, 2.75) is 46.0 Å². The van der Waals surface area contributed by atoms with E-state index >= 15 is 0 Å². The molecule has 0 aliphatic heterocycles. The van der Waals surface area contributed by atoms with Gasteiger partial charge in [0.15, 0.2) is 0 Å². The van der Waals surface area contributed by atoms with Crippen LogP contribution in [0.25, 0.3) is 11.1 Å². The van der Waals surface area contributed by atoms with Gasteiger partial charge < -0.3 is 23.0 Å². The van der Waals surface area contributed by atoms with Crippen LogP contribution in [0.4, 0.5) is 17.7 Å². The molecule has 1 aliphatic carbocycles. The van der Waals surface area contributed by atoms with Crippen molar-refractivity contribution in [2.75, 3.05) is 6.61 Å². The van der Waals surface area contributed by atoms with E-state index in [0.717, 1.165) is 22.3 Å². The number of fused-ring (bicyclic) bond motifs is 3. The van der Waals surface area contributed by atoms with E-state index in [1.54, 1.807) is 6.07 Å². The number of carbonyl (C=O) groups excluding carboxylic acids is 1. The molecule has 0 heterocycles. The molecule has 0 saturated carbocycles. The first kappa shape index (κ1) is 30.7. The number of alkyl carbamates (subject to hydrolysis) is 1. The molecule has 3 aromatic carbocycles. The number of hydrogen-bond donors (Lipinski definition) is 1. The average Bonchev–Trinajstić information content (AvgIpc) is 3.14. The van der Waals surface area contributed by atoms with Crippen molar-refractivity contribution in [1.29, 1.82) is 0 Å². The summed E-state index contributed by atoms with van der Waals surface area (Å²) in [6, 6.07) is 17.7. The number of rotatable bonds is 5. The molecule has 0 aromatic heterocycles. The fourth-order valence-electron chi connectivity index (χ4n) is 4.87. The number of hydrogen-bond acceptors (Lipinski definition) is 2. The summed E-state index contributed by atoms with van der Waals surface area (Å²) in [7, 11) is -1.79. The summed E-state index contributed by atoms with van der Waals surface area (Å²) in [4.78, 5) is 12.6. The molecular weight excluding hydrogens is 529 g/mol. The third kappa shape index (κ3) is 6.85. The van der Waals surface area contributed by atoms with E-state index in [-0.39, 0.29) is 81.6 Å². The Balaban J connectivity index is 0.00000400. The van der Waals surface area contributed by atoms with Crippen LogP contribution in [0.15, 0.2) is 54.6 Å². The van der Waals surface area contributed by atoms with Crippen LogP contribution in [0, 0.1) is 25.3 Å². The van der Waals surface area contributed by atoms with E-state index in [1.165, 1.54) is 13.8 Å². The standard InChI is InChI=1S/C29H30BF3NO2Si.K/c1-19-21(14-15-37(3,4)5)16-22(20(2)28(19)30(31,32)33)17-34-29(35)36-18-27-25-12-8-6-10-23(25)24-11-7-9-13-26(24)27;/h6-13,16,27H,17-18H2,1-5H3,(H,34,35);/q-1;+1. The predicted molar refractivity (Wildman–Crippen MR) is 147 cm³/mol. The van der Waals surface area contributed by atoms with Crippen molar-refractivity contribution >= 4 is 26.6 Å². The molecule has 38 heavy (non-hydrogen) atoms. The molecule has 192 valence electrons. The zero-order chi connectivity index (χ0) is 27.0. The van der Waals surface area contributed by atoms with Crippen molar-refractivity contribution in [3.8, 4) is 22.6 Å². The van der Waals surface area contributed by atoms with E-state index in [9.17, 15) is 17.7 Å². The summed E-state index contributed by atoms with van der Waals surface area (Å²) in [5, 5.41) is 2.65. The second kappa shape index (κ2) is 12.2. The van der Waals surface area contributed by atoms with E-state index in [0.29, 0.717) is 11.1 Å². The molecule has 0 saturated heterocycles. The van der Waals surface area contributed by atoms with Crippen molar-refractivity contribution in [1.82, 2.24) is 5.32 Å². The minimum atomic E-state index is -5.24. The van der Waals surface area contributed by atoms with Crippen molar-refractivity contribution in [2.24, 2.45) is 0 Å². The van der Waals surface area contributed by atoms with E-state index in [1.807, 2.05) is 56.0 Å². The predicted octanol–water partition coefficient (Wildman–Crippen LogP) is 3.63. The number of benzene rings is 3. The van der Waals surface area contributed by atoms with Crippen molar-refractivity contribution in [3.05, 3.63) is 88.0 Å². The SMILES string of the molecule is Cc1c(C#C[Si](C)(C)C)cc(CNC(=O)OCC2c3ccccc3-c3ccccc32)c(C)c1[B-](F)(F)F.[K+]. The van der Waals surface area contributed by atoms with Crippen LogP contribution in [0.2, 0.25) is 19.6 Å². The molecule has 3 aromatic rings. The first-order valence-corrected chi connectivity index (χ1v) is 15.8. The third-order valence-corrected chi connectivity index (χ3v) is 7.55. The van der Waals surface area contributed by atoms with E-state index in [2.05, 4.69) is 28.9 Å². The smallest absolute Gasteiger partial charge is 0.449 e. The van der Waals surface area contributed by atoms with Gasteiger partial charge in [0.25, 0.3) is 0 Å². The zero-order valence-electron chi connectivity index (χ0n) is 22.7. The van der Waals surface area contributed by atoms with Crippen molar-refractivity contribution in [3.63, 3.8) is 0 Å². The van der Waals surface area contributed by atoms with Gasteiger partial charge in [0.1, 0.15) is 14.7 Å². The molecule has 0 radical (unpaired) electrons. The van der Waals surface area contributed by atoms with Gasteiger partial charge in [-0.25, -0.2) is 4.79 Å². The molecule has 0 spiro atoms. The van der Waals surface area contributed by atoms with Gasteiger partial charge in [-0.1, -0.05) is 85.2 Å². The summed E-state index contributed by atoms with van der Waals surface area (Å²) in [5.74, 6) is 2.88. The Morgan fingerprint density at radius 2 is 1.53 bits per heavy atom. The van der Waals surface area contributed by atoms with Crippen LogP contribution >= 0.6 is 0 Å².